The first-order valence-electron chi connectivity index (χ1n) is 12.3. The molecule has 0 spiro atoms. The number of benzene rings is 2. The molecule has 2 saturated heterocycles. The molecule has 5 heteroatoms. The minimum absolute atomic E-state index is 0. The molecule has 0 aromatic heterocycles. The van der Waals surface area contributed by atoms with Crippen LogP contribution in [0.15, 0.2) is 60.7 Å². The molecule has 2 aromatic carbocycles. The highest BCUT2D eigenvalue weighted by molar-refractivity contribution is 5.85. The summed E-state index contributed by atoms with van der Waals surface area (Å²) < 4.78 is 5.74. The molecular formula is C28H38ClNO3. The van der Waals surface area contributed by atoms with Crippen molar-refractivity contribution in [3.63, 3.8) is 0 Å². The number of cyclic esters (lactones) is 1. The van der Waals surface area contributed by atoms with Gasteiger partial charge in [0.2, 0.25) is 0 Å². The van der Waals surface area contributed by atoms with Gasteiger partial charge in [0.25, 0.3) is 0 Å². The van der Waals surface area contributed by atoms with Crippen molar-refractivity contribution >= 4 is 18.4 Å². The zero-order valence-corrected chi connectivity index (χ0v) is 20.7. The van der Waals surface area contributed by atoms with Gasteiger partial charge in [0.1, 0.15) is 11.7 Å². The maximum atomic E-state index is 12.4. The minimum atomic E-state index is -0.975. The summed E-state index contributed by atoms with van der Waals surface area (Å²) >= 11 is 0. The highest BCUT2D eigenvalue weighted by Crippen LogP contribution is 2.43. The van der Waals surface area contributed by atoms with E-state index in [-0.39, 0.29) is 35.8 Å². The lowest BCUT2D eigenvalue weighted by atomic mass is 9.72. The van der Waals surface area contributed by atoms with Crippen LogP contribution in [0.5, 0.6) is 0 Å². The van der Waals surface area contributed by atoms with E-state index in [1.807, 2.05) is 60.7 Å². The molecule has 2 fully saturated rings. The summed E-state index contributed by atoms with van der Waals surface area (Å²) in [5, 5.41) is 12.0. The zero-order valence-electron chi connectivity index (χ0n) is 19.9. The van der Waals surface area contributed by atoms with Gasteiger partial charge in [-0.25, -0.2) is 0 Å². The second kappa shape index (κ2) is 11.0. The summed E-state index contributed by atoms with van der Waals surface area (Å²) in [5.41, 5.74) is 0.702. The molecule has 1 unspecified atom stereocenters. The van der Waals surface area contributed by atoms with E-state index in [9.17, 15) is 9.90 Å². The van der Waals surface area contributed by atoms with Crippen molar-refractivity contribution in [2.45, 2.75) is 64.1 Å². The topological polar surface area (TPSA) is 49.8 Å². The van der Waals surface area contributed by atoms with E-state index in [4.69, 9.17) is 4.74 Å². The monoisotopic (exact) mass is 471 g/mol. The maximum absolute atomic E-state index is 12.4. The average Bonchev–Trinajstić information content (AvgIpc) is 3.19. The predicted molar refractivity (Wildman–Crippen MR) is 134 cm³/mol. The molecule has 4 rings (SSSR count). The van der Waals surface area contributed by atoms with Crippen molar-refractivity contribution in [2.24, 2.45) is 11.3 Å². The lowest BCUT2D eigenvalue weighted by molar-refractivity contribution is -0.149. The molecular weight excluding hydrogens is 434 g/mol. The van der Waals surface area contributed by atoms with E-state index in [1.54, 1.807) is 0 Å². The molecule has 2 aliphatic heterocycles. The van der Waals surface area contributed by atoms with Gasteiger partial charge in [-0.2, -0.15) is 0 Å². The van der Waals surface area contributed by atoms with E-state index in [1.165, 1.54) is 0 Å². The highest BCUT2D eigenvalue weighted by Gasteiger charge is 2.46. The number of carbonyl (C=O) groups is 1. The normalized spacial score (nSPS) is 21.4. The van der Waals surface area contributed by atoms with E-state index in [0.717, 1.165) is 69.3 Å². The van der Waals surface area contributed by atoms with Gasteiger partial charge in [-0.1, -0.05) is 74.5 Å². The summed E-state index contributed by atoms with van der Waals surface area (Å²) in [4.78, 5) is 14.8. The highest BCUT2D eigenvalue weighted by atomic mass is 35.5. The fourth-order valence-corrected chi connectivity index (χ4v) is 5.75. The van der Waals surface area contributed by atoms with Crippen LogP contribution in [0.2, 0.25) is 0 Å². The van der Waals surface area contributed by atoms with Crippen LogP contribution >= 0.6 is 12.4 Å². The van der Waals surface area contributed by atoms with Crippen LogP contribution in [0.1, 0.15) is 63.5 Å². The summed E-state index contributed by atoms with van der Waals surface area (Å²) in [6, 6.07) is 20.2. The van der Waals surface area contributed by atoms with Gasteiger partial charge in [0.05, 0.1) is 5.41 Å². The molecule has 2 aliphatic rings. The molecule has 1 atom stereocenters. The van der Waals surface area contributed by atoms with E-state index in [0.29, 0.717) is 0 Å². The fourth-order valence-electron chi connectivity index (χ4n) is 5.75. The number of rotatable bonds is 8. The number of hydrogen-bond acceptors (Lipinski definition) is 4. The number of carbonyl (C=O) groups excluding carboxylic acids is 1. The third-order valence-electron chi connectivity index (χ3n) is 8.05. The third kappa shape index (κ3) is 5.13. The van der Waals surface area contributed by atoms with E-state index >= 15 is 0 Å². The molecule has 0 amide bonds. The molecule has 0 aliphatic carbocycles. The molecule has 4 nitrogen and oxygen atoms in total. The van der Waals surface area contributed by atoms with Crippen molar-refractivity contribution in [3.8, 4) is 0 Å². The number of likely N-dealkylation sites (tertiary alicyclic amines) is 1. The molecule has 0 saturated carbocycles. The van der Waals surface area contributed by atoms with E-state index < -0.39 is 5.60 Å². The molecule has 180 valence electrons. The number of ether oxygens (including phenoxy) is 1. The Bertz CT molecular complexity index is 837. The maximum Gasteiger partial charge on any atom is 0.312 e. The molecule has 0 radical (unpaired) electrons. The summed E-state index contributed by atoms with van der Waals surface area (Å²) in [6.07, 6.45) is 5.42. The van der Waals surface area contributed by atoms with Crippen LogP contribution in [-0.4, -0.2) is 41.7 Å². The Labute approximate surface area is 204 Å². The smallest absolute Gasteiger partial charge is 0.312 e. The van der Waals surface area contributed by atoms with Gasteiger partial charge >= 0.3 is 5.97 Å². The Balaban J connectivity index is 0.00000306. The van der Waals surface area contributed by atoms with Gasteiger partial charge in [-0.3, -0.25) is 4.79 Å². The molecule has 2 aromatic rings. The second-order valence-electron chi connectivity index (χ2n) is 9.62. The summed E-state index contributed by atoms with van der Waals surface area (Å²) in [5.74, 6) is 0.169. The van der Waals surface area contributed by atoms with Crippen LogP contribution < -0.4 is 0 Å². The average molecular weight is 472 g/mol. The lowest BCUT2D eigenvalue weighted by Crippen LogP contribution is -2.44. The Morgan fingerprint density at radius 2 is 1.48 bits per heavy atom. The van der Waals surface area contributed by atoms with Gasteiger partial charge < -0.3 is 14.7 Å². The van der Waals surface area contributed by atoms with E-state index in [2.05, 4.69) is 18.7 Å². The number of hydrogen-bond donors (Lipinski definition) is 1. The quantitative estimate of drug-likeness (QED) is 0.511. The largest absolute Gasteiger partial charge is 0.462 e. The van der Waals surface area contributed by atoms with Crippen LogP contribution in [0.25, 0.3) is 0 Å². The van der Waals surface area contributed by atoms with Crippen molar-refractivity contribution in [1.29, 1.82) is 0 Å². The number of nitrogens with zero attached hydrogens (tertiary/aromatic N) is 1. The first-order valence-corrected chi connectivity index (χ1v) is 12.3. The Morgan fingerprint density at radius 1 is 0.970 bits per heavy atom. The molecule has 0 bridgehead atoms. The first-order chi connectivity index (χ1) is 15.5. The van der Waals surface area contributed by atoms with Gasteiger partial charge in [0.15, 0.2) is 0 Å². The predicted octanol–water partition coefficient (Wildman–Crippen LogP) is 5.57. The minimum Gasteiger partial charge on any atom is -0.462 e. The molecule has 1 N–H and O–H groups in total. The SMILES string of the molecule is CCC1(CC)CC(CCN2CCC(C(O)(c3ccccc3)c3ccccc3)CC2)OC1=O.Cl. The van der Waals surface area contributed by atoms with Crippen LogP contribution in [0, 0.1) is 11.3 Å². The van der Waals surface area contributed by atoms with Crippen molar-refractivity contribution < 1.29 is 14.6 Å². The summed E-state index contributed by atoms with van der Waals surface area (Å²) in [7, 11) is 0. The summed E-state index contributed by atoms with van der Waals surface area (Å²) in [6.45, 7) is 7.06. The van der Waals surface area contributed by atoms with Gasteiger partial charge in [0, 0.05) is 13.0 Å². The van der Waals surface area contributed by atoms with Crippen molar-refractivity contribution in [1.82, 2.24) is 4.90 Å². The van der Waals surface area contributed by atoms with Gasteiger partial charge in [-0.05, 0) is 62.2 Å². The Kier molecular flexibility index (Phi) is 8.60. The number of aliphatic hydroxyl groups is 1. The molecule has 2 heterocycles. The van der Waals surface area contributed by atoms with Crippen molar-refractivity contribution in [3.05, 3.63) is 71.8 Å². The number of piperidine rings is 1. The number of esters is 1. The standard InChI is InChI=1S/C28H37NO3.ClH/c1-3-27(4-2)21-25(32-26(27)30)17-20-29-18-15-24(16-19-29)28(31,22-11-7-5-8-12-22)23-13-9-6-10-14-23;/h5-14,24-25,31H,3-4,15-21H2,1-2H3;1H. The third-order valence-corrected chi connectivity index (χ3v) is 8.05. The Hall–Kier alpha value is -1.88. The fraction of sp³-hybridized carbons (Fsp3) is 0.536. The van der Waals surface area contributed by atoms with Crippen LogP contribution in [0.4, 0.5) is 0 Å². The van der Waals surface area contributed by atoms with Gasteiger partial charge in [-0.15, -0.1) is 12.4 Å². The molecule has 33 heavy (non-hydrogen) atoms. The first kappa shape index (κ1) is 25.7. The van der Waals surface area contributed by atoms with Crippen LogP contribution in [-0.2, 0) is 15.1 Å². The van der Waals surface area contributed by atoms with Crippen molar-refractivity contribution in [2.75, 3.05) is 19.6 Å². The number of halogens is 1. The van der Waals surface area contributed by atoms with Crippen LogP contribution in [0.3, 0.4) is 0 Å². The second-order valence-corrected chi connectivity index (χ2v) is 9.62. The Morgan fingerprint density at radius 3 is 1.94 bits per heavy atom. The zero-order chi connectivity index (χ0) is 22.6. The lowest BCUT2D eigenvalue weighted by Gasteiger charge is -2.42.